The molecule has 1 aromatic heterocycles. The maximum atomic E-state index is 12.1. The highest BCUT2D eigenvalue weighted by Gasteiger charge is 2.22. The second kappa shape index (κ2) is 4.74. The maximum Gasteiger partial charge on any atom is 0.421 e. The zero-order chi connectivity index (χ0) is 14.2. The summed E-state index contributed by atoms with van der Waals surface area (Å²) in [5, 5.41) is 0.0671. The van der Waals surface area contributed by atoms with E-state index in [1.165, 1.54) is 4.57 Å². The van der Waals surface area contributed by atoms with Crippen LogP contribution in [-0.2, 0) is 4.74 Å². The third-order valence-electron chi connectivity index (χ3n) is 2.40. The molecule has 5 nitrogen and oxygen atoms in total. The minimum absolute atomic E-state index is 0.0671. The van der Waals surface area contributed by atoms with E-state index in [1.807, 2.05) is 0 Å². The second-order valence-electron chi connectivity index (χ2n) is 5.05. The molecule has 0 aliphatic rings. The number of nitrogens with zero attached hydrogens (tertiary/aromatic N) is 2. The number of carbonyl (C=O) groups is 1. The van der Waals surface area contributed by atoms with Gasteiger partial charge in [-0.1, -0.05) is 0 Å². The van der Waals surface area contributed by atoms with Crippen LogP contribution in [0.5, 0.6) is 5.75 Å². The summed E-state index contributed by atoms with van der Waals surface area (Å²) in [5.41, 5.74) is 0.569. The van der Waals surface area contributed by atoms with Crippen LogP contribution in [0.2, 0.25) is 5.28 Å². The molecule has 0 aliphatic carbocycles. The minimum Gasteiger partial charge on any atom is -0.497 e. The first-order chi connectivity index (χ1) is 8.81. The first-order valence-corrected chi connectivity index (χ1v) is 6.15. The molecule has 0 spiro atoms. The molecule has 2 aromatic rings. The summed E-state index contributed by atoms with van der Waals surface area (Å²) >= 11 is 6.00. The van der Waals surface area contributed by atoms with E-state index < -0.39 is 11.7 Å². The molecule has 0 radical (unpaired) electrons. The number of benzene rings is 1. The Bertz CT molecular complexity index is 629. The van der Waals surface area contributed by atoms with Gasteiger partial charge in [-0.15, -0.1) is 0 Å². The highest BCUT2D eigenvalue weighted by Crippen LogP contribution is 2.25. The van der Waals surface area contributed by atoms with Crippen molar-refractivity contribution in [2.45, 2.75) is 26.4 Å². The average molecular weight is 283 g/mol. The van der Waals surface area contributed by atoms with Gasteiger partial charge in [-0.3, -0.25) is 0 Å². The van der Waals surface area contributed by atoms with Crippen molar-refractivity contribution in [2.24, 2.45) is 0 Å². The summed E-state index contributed by atoms with van der Waals surface area (Å²) in [6, 6.07) is 5.17. The molecule has 0 aliphatic heterocycles. The average Bonchev–Trinajstić information content (AvgIpc) is 2.61. The van der Waals surface area contributed by atoms with Gasteiger partial charge in [0.1, 0.15) is 11.4 Å². The zero-order valence-electron chi connectivity index (χ0n) is 11.2. The van der Waals surface area contributed by atoms with E-state index in [4.69, 9.17) is 21.1 Å². The van der Waals surface area contributed by atoms with Crippen LogP contribution >= 0.6 is 11.6 Å². The van der Waals surface area contributed by atoms with Crippen LogP contribution in [0.25, 0.3) is 11.0 Å². The molecule has 0 fully saturated rings. The lowest BCUT2D eigenvalue weighted by Gasteiger charge is -2.19. The van der Waals surface area contributed by atoms with Crippen LogP contribution in [0.4, 0.5) is 4.79 Å². The van der Waals surface area contributed by atoms with Gasteiger partial charge >= 0.3 is 6.09 Å². The van der Waals surface area contributed by atoms with Crippen LogP contribution in [0.3, 0.4) is 0 Å². The first-order valence-electron chi connectivity index (χ1n) is 5.77. The molecule has 1 aromatic carbocycles. The van der Waals surface area contributed by atoms with E-state index in [2.05, 4.69) is 4.98 Å². The molecule has 1 heterocycles. The molecule has 102 valence electrons. The van der Waals surface area contributed by atoms with Gasteiger partial charge in [0.25, 0.3) is 0 Å². The molecule has 0 saturated carbocycles. The molecule has 0 unspecified atom stereocenters. The molecule has 0 bridgehead atoms. The van der Waals surface area contributed by atoms with Crippen molar-refractivity contribution < 1.29 is 14.3 Å². The number of hydrogen-bond acceptors (Lipinski definition) is 4. The van der Waals surface area contributed by atoms with Gasteiger partial charge in [0.15, 0.2) is 0 Å². The van der Waals surface area contributed by atoms with Crippen LogP contribution in [-0.4, -0.2) is 28.4 Å². The largest absolute Gasteiger partial charge is 0.497 e. The van der Waals surface area contributed by atoms with Gasteiger partial charge in [0.05, 0.1) is 18.1 Å². The van der Waals surface area contributed by atoms with Crippen LogP contribution in [0.15, 0.2) is 18.2 Å². The molecule has 19 heavy (non-hydrogen) atoms. The number of hydrogen-bond donors (Lipinski definition) is 0. The Morgan fingerprint density at radius 2 is 2.05 bits per heavy atom. The normalized spacial score (nSPS) is 11.6. The minimum atomic E-state index is -0.594. The molecule has 0 N–H and O–H groups in total. The summed E-state index contributed by atoms with van der Waals surface area (Å²) in [6.07, 6.45) is -0.551. The lowest BCUT2D eigenvalue weighted by atomic mass is 10.2. The van der Waals surface area contributed by atoms with Crippen molar-refractivity contribution in [3.05, 3.63) is 23.5 Å². The predicted octanol–water partition coefficient (Wildman–Crippen LogP) is 3.48. The fourth-order valence-electron chi connectivity index (χ4n) is 1.64. The van der Waals surface area contributed by atoms with Gasteiger partial charge in [-0.25, -0.2) is 14.3 Å². The van der Waals surface area contributed by atoms with Crippen molar-refractivity contribution in [2.75, 3.05) is 7.11 Å². The van der Waals surface area contributed by atoms with E-state index in [0.29, 0.717) is 16.8 Å². The number of imidazole rings is 1. The lowest BCUT2D eigenvalue weighted by molar-refractivity contribution is 0.0544. The second-order valence-corrected chi connectivity index (χ2v) is 5.39. The predicted molar refractivity (Wildman–Crippen MR) is 72.9 cm³/mol. The smallest absolute Gasteiger partial charge is 0.421 e. The molecule has 0 amide bonds. The maximum absolute atomic E-state index is 12.1. The number of aromatic nitrogens is 2. The topological polar surface area (TPSA) is 53.4 Å². The Morgan fingerprint density at radius 1 is 1.37 bits per heavy atom. The van der Waals surface area contributed by atoms with Crippen molar-refractivity contribution in [3.8, 4) is 5.75 Å². The molecule has 0 saturated heterocycles. The van der Waals surface area contributed by atoms with E-state index in [9.17, 15) is 4.79 Å². The zero-order valence-corrected chi connectivity index (χ0v) is 12.0. The summed E-state index contributed by atoms with van der Waals surface area (Å²) in [7, 11) is 1.56. The Hall–Kier alpha value is -1.75. The number of carbonyl (C=O) groups excluding carboxylic acids is 1. The Labute approximate surface area is 116 Å². The van der Waals surface area contributed by atoms with Crippen LogP contribution < -0.4 is 4.74 Å². The first kappa shape index (κ1) is 13.7. The molecule has 0 atom stereocenters. The van der Waals surface area contributed by atoms with E-state index in [-0.39, 0.29) is 5.28 Å². The number of halogens is 1. The Morgan fingerprint density at radius 3 is 2.63 bits per heavy atom. The van der Waals surface area contributed by atoms with Crippen molar-refractivity contribution in [1.82, 2.24) is 9.55 Å². The molecule has 2 rings (SSSR count). The molecular formula is C13H15ClN2O3. The molecule has 6 heteroatoms. The summed E-state index contributed by atoms with van der Waals surface area (Å²) < 4.78 is 11.6. The summed E-state index contributed by atoms with van der Waals surface area (Å²) in [5.74, 6) is 0.651. The van der Waals surface area contributed by atoms with Gasteiger partial charge in [-0.05, 0) is 44.5 Å². The van der Waals surface area contributed by atoms with Gasteiger partial charge < -0.3 is 9.47 Å². The van der Waals surface area contributed by atoms with Crippen molar-refractivity contribution in [1.29, 1.82) is 0 Å². The SMILES string of the molecule is COc1ccc2c(c1)nc(Cl)n2C(=O)OC(C)(C)C. The monoisotopic (exact) mass is 282 g/mol. The number of methoxy groups -OCH3 is 1. The third kappa shape index (κ3) is 2.81. The number of fused-ring (bicyclic) bond motifs is 1. The highest BCUT2D eigenvalue weighted by molar-refractivity contribution is 6.30. The third-order valence-corrected chi connectivity index (χ3v) is 2.65. The van der Waals surface area contributed by atoms with Crippen LogP contribution in [0.1, 0.15) is 20.8 Å². The summed E-state index contributed by atoms with van der Waals surface area (Å²) in [6.45, 7) is 5.38. The quantitative estimate of drug-likeness (QED) is 0.803. The van der Waals surface area contributed by atoms with Crippen LogP contribution in [0, 0.1) is 0 Å². The van der Waals surface area contributed by atoms with E-state index in [1.54, 1.807) is 46.1 Å². The van der Waals surface area contributed by atoms with Crippen molar-refractivity contribution in [3.63, 3.8) is 0 Å². The standard InChI is InChI=1S/C13H15ClN2O3/c1-13(2,3)19-12(17)16-10-6-5-8(18-4)7-9(10)15-11(16)14/h5-7H,1-4H3. The Kier molecular flexibility index (Phi) is 3.41. The van der Waals surface area contributed by atoms with Gasteiger partial charge in [0.2, 0.25) is 5.28 Å². The fourth-order valence-corrected chi connectivity index (χ4v) is 1.89. The van der Waals surface area contributed by atoms with Gasteiger partial charge in [0, 0.05) is 6.07 Å². The summed E-state index contributed by atoms with van der Waals surface area (Å²) in [4.78, 5) is 16.2. The highest BCUT2D eigenvalue weighted by atomic mass is 35.5. The number of rotatable bonds is 1. The van der Waals surface area contributed by atoms with E-state index >= 15 is 0 Å². The van der Waals surface area contributed by atoms with Gasteiger partial charge in [-0.2, -0.15) is 0 Å². The Balaban J connectivity index is 2.49. The molecular weight excluding hydrogens is 268 g/mol. The van der Waals surface area contributed by atoms with E-state index in [0.717, 1.165) is 0 Å². The number of ether oxygens (including phenoxy) is 2. The fraction of sp³-hybridized carbons (Fsp3) is 0.385. The lowest BCUT2D eigenvalue weighted by Crippen LogP contribution is -2.27. The van der Waals surface area contributed by atoms with Crippen molar-refractivity contribution >= 4 is 28.7 Å².